The molecule has 2 rings (SSSR count). The van der Waals surface area contributed by atoms with Crippen LogP contribution in [-0.2, 0) is 13.5 Å². The summed E-state index contributed by atoms with van der Waals surface area (Å²) in [5.74, 6) is 2.65. The minimum absolute atomic E-state index is 0.837. The lowest BCUT2D eigenvalue weighted by molar-refractivity contribution is 0.167. The molecule has 1 aliphatic carbocycles. The van der Waals surface area contributed by atoms with Crippen molar-refractivity contribution in [2.24, 2.45) is 24.8 Å². The highest BCUT2D eigenvalue weighted by atomic mass is 15.2. The van der Waals surface area contributed by atoms with Gasteiger partial charge in [0.1, 0.15) is 0 Å². The second kappa shape index (κ2) is 8.57. The third-order valence-corrected chi connectivity index (χ3v) is 5.03. The predicted molar refractivity (Wildman–Crippen MR) is 89.3 cm³/mol. The molecule has 0 bridgehead atoms. The van der Waals surface area contributed by atoms with E-state index in [2.05, 4.69) is 36.7 Å². The first-order chi connectivity index (χ1) is 10.2. The quantitative estimate of drug-likeness (QED) is 0.738. The lowest BCUT2D eigenvalue weighted by Gasteiger charge is -2.36. The molecule has 1 aliphatic rings. The number of nitrogens with zero attached hydrogens (tertiary/aromatic N) is 2. The van der Waals surface area contributed by atoms with Gasteiger partial charge in [-0.1, -0.05) is 33.1 Å². The Kier molecular flexibility index (Phi) is 6.75. The maximum Gasteiger partial charge on any atom is 0.0521 e. The number of aromatic nitrogens is 2. The molecule has 0 spiro atoms. The van der Waals surface area contributed by atoms with Crippen molar-refractivity contribution in [2.75, 3.05) is 13.1 Å². The highest BCUT2D eigenvalue weighted by Gasteiger charge is 2.30. The lowest BCUT2D eigenvalue weighted by Crippen LogP contribution is -2.34. The first-order valence-electron chi connectivity index (χ1n) is 8.91. The molecular formula is C18H33N3. The molecule has 1 fully saturated rings. The van der Waals surface area contributed by atoms with Crippen LogP contribution in [-0.4, -0.2) is 22.9 Å². The zero-order valence-corrected chi connectivity index (χ0v) is 14.1. The van der Waals surface area contributed by atoms with Gasteiger partial charge in [-0.3, -0.25) is 4.68 Å². The van der Waals surface area contributed by atoms with Crippen LogP contribution in [0.25, 0.3) is 0 Å². The summed E-state index contributed by atoms with van der Waals surface area (Å²) in [5, 5.41) is 7.99. The summed E-state index contributed by atoms with van der Waals surface area (Å²) in [4.78, 5) is 0. The van der Waals surface area contributed by atoms with Crippen LogP contribution >= 0.6 is 0 Å². The fraction of sp³-hybridized carbons (Fsp3) is 0.833. The minimum Gasteiger partial charge on any atom is -0.316 e. The van der Waals surface area contributed by atoms with E-state index in [0.29, 0.717) is 0 Å². The molecule has 0 radical (unpaired) electrons. The van der Waals surface area contributed by atoms with Crippen LogP contribution in [0.1, 0.15) is 57.9 Å². The van der Waals surface area contributed by atoms with E-state index in [1.165, 1.54) is 57.1 Å². The second-order valence-electron chi connectivity index (χ2n) is 6.92. The van der Waals surface area contributed by atoms with Crippen LogP contribution in [0, 0.1) is 17.8 Å². The summed E-state index contributed by atoms with van der Waals surface area (Å²) >= 11 is 0. The first-order valence-corrected chi connectivity index (χ1v) is 8.91. The van der Waals surface area contributed by atoms with Gasteiger partial charge in [0.2, 0.25) is 0 Å². The van der Waals surface area contributed by atoms with E-state index in [4.69, 9.17) is 0 Å². The van der Waals surface area contributed by atoms with Gasteiger partial charge in [-0.05, 0) is 62.1 Å². The van der Waals surface area contributed by atoms with Gasteiger partial charge in [0, 0.05) is 13.2 Å². The average molecular weight is 291 g/mol. The number of hydrogen-bond acceptors (Lipinski definition) is 2. The van der Waals surface area contributed by atoms with Gasteiger partial charge < -0.3 is 5.32 Å². The lowest BCUT2D eigenvalue weighted by atomic mass is 9.70. The molecule has 21 heavy (non-hydrogen) atoms. The molecule has 120 valence electrons. The fourth-order valence-corrected chi connectivity index (χ4v) is 3.96. The highest BCUT2D eigenvalue weighted by Crippen LogP contribution is 2.37. The van der Waals surface area contributed by atoms with Crippen LogP contribution in [0.4, 0.5) is 0 Å². The summed E-state index contributed by atoms with van der Waals surface area (Å²) in [5.41, 5.74) is 1.42. The van der Waals surface area contributed by atoms with Crippen molar-refractivity contribution >= 4 is 0 Å². The van der Waals surface area contributed by atoms with E-state index in [0.717, 1.165) is 24.3 Å². The smallest absolute Gasteiger partial charge is 0.0521 e. The number of nitrogens with one attached hydrogen (secondary N) is 1. The van der Waals surface area contributed by atoms with Gasteiger partial charge in [-0.2, -0.15) is 5.10 Å². The van der Waals surface area contributed by atoms with Crippen LogP contribution in [0.15, 0.2) is 12.4 Å². The zero-order chi connectivity index (χ0) is 15.1. The summed E-state index contributed by atoms with van der Waals surface area (Å²) < 4.78 is 1.94. The Balaban J connectivity index is 1.94. The monoisotopic (exact) mass is 291 g/mol. The van der Waals surface area contributed by atoms with Crippen molar-refractivity contribution in [1.29, 1.82) is 0 Å². The average Bonchev–Trinajstić information content (AvgIpc) is 2.87. The van der Waals surface area contributed by atoms with E-state index < -0.39 is 0 Å². The molecule has 1 N–H and O–H groups in total. The summed E-state index contributed by atoms with van der Waals surface area (Å²) in [7, 11) is 2.02. The summed E-state index contributed by atoms with van der Waals surface area (Å²) in [6.07, 6.45) is 13.7. The summed E-state index contributed by atoms with van der Waals surface area (Å²) in [6.45, 7) is 6.94. The SMILES string of the molecule is CCCNCC1CCC(CCC)CC1Cc1cnn(C)c1. The van der Waals surface area contributed by atoms with Crippen molar-refractivity contribution in [3.8, 4) is 0 Å². The molecule has 1 heterocycles. The standard InChI is InChI=1S/C18H33N3/c1-4-6-15-7-8-17(13-19-9-5-2)18(10-15)11-16-12-20-21(3)14-16/h12,14-15,17-19H,4-11,13H2,1-3H3. The summed E-state index contributed by atoms with van der Waals surface area (Å²) in [6, 6.07) is 0. The number of rotatable bonds is 8. The molecule has 3 atom stereocenters. The van der Waals surface area contributed by atoms with Crippen LogP contribution in [0.2, 0.25) is 0 Å². The van der Waals surface area contributed by atoms with Crippen LogP contribution < -0.4 is 5.32 Å². The van der Waals surface area contributed by atoms with E-state index >= 15 is 0 Å². The largest absolute Gasteiger partial charge is 0.316 e. The third kappa shape index (κ3) is 5.14. The highest BCUT2D eigenvalue weighted by molar-refractivity contribution is 5.06. The topological polar surface area (TPSA) is 29.9 Å². The second-order valence-corrected chi connectivity index (χ2v) is 6.92. The minimum atomic E-state index is 0.837. The van der Waals surface area contributed by atoms with Gasteiger partial charge in [0.05, 0.1) is 6.20 Å². The molecule has 3 unspecified atom stereocenters. The van der Waals surface area contributed by atoms with Gasteiger partial charge in [0.15, 0.2) is 0 Å². The Morgan fingerprint density at radius 3 is 2.76 bits per heavy atom. The molecule has 1 saturated carbocycles. The molecule has 0 aliphatic heterocycles. The maximum atomic E-state index is 4.34. The van der Waals surface area contributed by atoms with Crippen molar-refractivity contribution in [2.45, 2.75) is 58.8 Å². The Hall–Kier alpha value is -0.830. The maximum absolute atomic E-state index is 4.34. The van der Waals surface area contributed by atoms with Gasteiger partial charge in [-0.25, -0.2) is 0 Å². The normalized spacial score (nSPS) is 26.1. The Morgan fingerprint density at radius 1 is 1.24 bits per heavy atom. The van der Waals surface area contributed by atoms with E-state index in [9.17, 15) is 0 Å². The third-order valence-electron chi connectivity index (χ3n) is 5.03. The molecule has 0 saturated heterocycles. The molecule has 3 heteroatoms. The van der Waals surface area contributed by atoms with Gasteiger partial charge in [0.25, 0.3) is 0 Å². The molecule has 0 amide bonds. The van der Waals surface area contributed by atoms with Gasteiger partial charge in [-0.15, -0.1) is 0 Å². The molecule has 0 aromatic carbocycles. The number of aryl methyl sites for hydroxylation is 1. The number of hydrogen-bond donors (Lipinski definition) is 1. The van der Waals surface area contributed by atoms with Crippen molar-refractivity contribution in [3.05, 3.63) is 18.0 Å². The fourth-order valence-electron chi connectivity index (χ4n) is 3.96. The molecule has 1 aromatic heterocycles. The molecule has 3 nitrogen and oxygen atoms in total. The Labute approximate surface area is 130 Å². The Morgan fingerprint density at radius 2 is 2.10 bits per heavy atom. The van der Waals surface area contributed by atoms with Crippen molar-refractivity contribution in [3.63, 3.8) is 0 Å². The van der Waals surface area contributed by atoms with E-state index in [1.54, 1.807) is 0 Å². The van der Waals surface area contributed by atoms with Crippen LogP contribution in [0.5, 0.6) is 0 Å². The van der Waals surface area contributed by atoms with Gasteiger partial charge >= 0.3 is 0 Å². The van der Waals surface area contributed by atoms with E-state index in [1.807, 2.05) is 11.7 Å². The van der Waals surface area contributed by atoms with Crippen molar-refractivity contribution in [1.82, 2.24) is 15.1 Å². The Bertz CT molecular complexity index is 399. The van der Waals surface area contributed by atoms with Crippen molar-refractivity contribution < 1.29 is 0 Å². The predicted octanol–water partition coefficient (Wildman–Crippen LogP) is 3.79. The van der Waals surface area contributed by atoms with E-state index in [-0.39, 0.29) is 0 Å². The van der Waals surface area contributed by atoms with Crippen LogP contribution in [0.3, 0.4) is 0 Å². The first kappa shape index (κ1) is 16.5. The molecule has 1 aromatic rings. The molecular weight excluding hydrogens is 258 g/mol. The zero-order valence-electron chi connectivity index (χ0n) is 14.1.